The zero-order chi connectivity index (χ0) is 5.82. The fourth-order valence-corrected chi connectivity index (χ4v) is 1.12. The zero-order valence-corrected chi connectivity index (χ0v) is 5.75. The molecule has 0 N–H and O–H groups in total. The van der Waals surface area contributed by atoms with Crippen molar-refractivity contribution in [1.29, 1.82) is 0 Å². The van der Waals surface area contributed by atoms with Crippen LogP contribution in [0.25, 0.3) is 0 Å². The maximum atomic E-state index is 9.85. The summed E-state index contributed by atoms with van der Waals surface area (Å²) in [6, 6.07) is 0. The second-order valence-corrected chi connectivity index (χ2v) is 3.05. The average Bonchev–Trinajstić information content (AvgIpc) is 2.51. The summed E-state index contributed by atoms with van der Waals surface area (Å²) in [4.78, 5) is 0. The van der Waals surface area contributed by atoms with Crippen molar-refractivity contribution in [1.82, 2.24) is 0 Å². The molecule has 1 aliphatic rings. The molecule has 0 radical (unpaired) electrons. The van der Waals surface area contributed by atoms with E-state index in [-0.39, 0.29) is 0 Å². The van der Waals surface area contributed by atoms with Gasteiger partial charge in [-0.3, -0.25) is 0 Å². The van der Waals surface area contributed by atoms with Crippen LogP contribution < -0.4 is 0 Å². The van der Waals surface area contributed by atoms with Crippen molar-refractivity contribution in [3.8, 4) is 0 Å². The summed E-state index contributed by atoms with van der Waals surface area (Å²) in [6.45, 7) is 0. The van der Waals surface area contributed by atoms with E-state index in [2.05, 4.69) is 0 Å². The highest BCUT2D eigenvalue weighted by molar-refractivity contribution is 7.65. The molecule has 8 heavy (non-hydrogen) atoms. The first-order valence-electron chi connectivity index (χ1n) is 3.18. The minimum absolute atomic E-state index is 0.721. The number of hydrogen-bond acceptors (Lipinski definition) is 1. The fourth-order valence-electron chi connectivity index (χ4n) is 0.837. The van der Waals surface area contributed by atoms with Gasteiger partial charge in [-0.1, -0.05) is 12.8 Å². The van der Waals surface area contributed by atoms with Crippen LogP contribution in [0.4, 0.5) is 0 Å². The molecule has 1 nitrogen and oxygen atoms in total. The van der Waals surface area contributed by atoms with E-state index in [4.69, 9.17) is 0 Å². The number of rotatable bonds is 4. The minimum Gasteiger partial charge on any atom is -0.0502 e. The summed E-state index contributed by atoms with van der Waals surface area (Å²) in [7, 11) is 0. The molecular weight excluding hydrogens is 120 g/mol. The Morgan fingerprint density at radius 3 is 2.75 bits per heavy atom. The molecule has 0 aromatic carbocycles. The molecule has 1 saturated carbocycles. The molecule has 0 unspecified atom stereocenters. The molecule has 0 aromatic heterocycles. The lowest BCUT2D eigenvalue weighted by Gasteiger charge is -1.82. The Morgan fingerprint density at radius 2 is 2.25 bits per heavy atom. The lowest BCUT2D eigenvalue weighted by Crippen LogP contribution is -1.82. The Balaban J connectivity index is 1.80. The minimum atomic E-state index is 0.721. The lowest BCUT2D eigenvalue weighted by molar-refractivity contribution is 0.601. The van der Waals surface area contributed by atoms with Crippen LogP contribution in [0.15, 0.2) is 0 Å². The van der Waals surface area contributed by atoms with Crippen molar-refractivity contribution in [3.05, 3.63) is 0 Å². The van der Waals surface area contributed by atoms with Crippen molar-refractivity contribution in [3.63, 3.8) is 0 Å². The highest BCUT2D eigenvalue weighted by Crippen LogP contribution is 2.33. The van der Waals surface area contributed by atoms with Gasteiger partial charge in [0.15, 0.2) is 0 Å². The third-order valence-electron chi connectivity index (χ3n) is 1.54. The summed E-state index contributed by atoms with van der Waals surface area (Å²) >= 11 is 0.721. The first-order valence-corrected chi connectivity index (χ1v) is 4.09. The van der Waals surface area contributed by atoms with Crippen LogP contribution in [0.3, 0.4) is 0 Å². The van der Waals surface area contributed by atoms with Gasteiger partial charge in [-0.25, -0.2) is 0 Å². The van der Waals surface area contributed by atoms with Crippen LogP contribution >= 0.6 is 0 Å². The standard InChI is InChI=1S/C6H11OS/c7-8-5-1-2-6-3-4-6/h6H,1-5H2/q+1. The summed E-state index contributed by atoms with van der Waals surface area (Å²) < 4.78 is 9.85. The molecule has 1 fully saturated rings. The van der Waals surface area contributed by atoms with E-state index in [1.807, 2.05) is 0 Å². The largest absolute Gasteiger partial charge is 0.458 e. The van der Waals surface area contributed by atoms with Gasteiger partial charge in [-0.15, -0.1) is 0 Å². The summed E-state index contributed by atoms with van der Waals surface area (Å²) in [5, 5.41) is 0. The van der Waals surface area contributed by atoms with Gasteiger partial charge in [0.2, 0.25) is 5.75 Å². The molecule has 2 heteroatoms. The van der Waals surface area contributed by atoms with Gasteiger partial charge in [-0.2, -0.15) is 0 Å². The van der Waals surface area contributed by atoms with Gasteiger partial charge in [-0.05, 0) is 12.3 Å². The van der Waals surface area contributed by atoms with Crippen LogP contribution in [0.2, 0.25) is 0 Å². The average molecular weight is 131 g/mol. The van der Waals surface area contributed by atoms with Crippen LogP contribution in [0.1, 0.15) is 25.7 Å². The van der Waals surface area contributed by atoms with E-state index in [0.29, 0.717) is 0 Å². The molecule has 1 aliphatic carbocycles. The van der Waals surface area contributed by atoms with Crippen molar-refractivity contribution in [2.45, 2.75) is 25.7 Å². The van der Waals surface area contributed by atoms with Crippen LogP contribution in [0.5, 0.6) is 0 Å². The predicted octanol–water partition coefficient (Wildman–Crippen LogP) is 1.60. The molecule has 0 bridgehead atoms. The smallest absolute Gasteiger partial charge is 0.0502 e. The Hall–Kier alpha value is 0.0200. The molecule has 1 rings (SSSR count). The monoisotopic (exact) mass is 131 g/mol. The molecule has 0 aromatic rings. The van der Waals surface area contributed by atoms with Gasteiger partial charge in [0.25, 0.3) is 0 Å². The second kappa shape index (κ2) is 3.13. The van der Waals surface area contributed by atoms with E-state index < -0.39 is 0 Å². The van der Waals surface area contributed by atoms with E-state index in [0.717, 1.165) is 29.8 Å². The Labute approximate surface area is 54.0 Å². The summed E-state index contributed by atoms with van der Waals surface area (Å²) in [5.74, 6) is 1.82. The van der Waals surface area contributed by atoms with Gasteiger partial charge in [0.1, 0.15) is 0 Å². The third-order valence-corrected chi connectivity index (χ3v) is 1.99. The van der Waals surface area contributed by atoms with Gasteiger partial charge in [0.05, 0.1) is 0 Å². The quantitative estimate of drug-likeness (QED) is 0.418. The predicted molar refractivity (Wildman–Crippen MR) is 34.9 cm³/mol. The van der Waals surface area contributed by atoms with Crippen molar-refractivity contribution in [2.24, 2.45) is 5.92 Å². The van der Waals surface area contributed by atoms with Crippen LogP contribution in [-0.4, -0.2) is 5.75 Å². The molecule has 0 atom stereocenters. The van der Waals surface area contributed by atoms with Gasteiger partial charge in [0, 0.05) is 10.6 Å². The molecule has 0 amide bonds. The van der Waals surface area contributed by atoms with Crippen molar-refractivity contribution < 1.29 is 4.21 Å². The van der Waals surface area contributed by atoms with E-state index in [1.54, 1.807) is 0 Å². The molecule has 0 aliphatic heterocycles. The molecule has 0 spiro atoms. The molecule has 0 saturated heterocycles. The van der Waals surface area contributed by atoms with Crippen LogP contribution in [-0.2, 0) is 15.9 Å². The van der Waals surface area contributed by atoms with E-state index in [1.165, 1.54) is 19.3 Å². The Morgan fingerprint density at radius 1 is 1.50 bits per heavy atom. The maximum Gasteiger partial charge on any atom is 0.458 e. The fraction of sp³-hybridized carbons (Fsp3) is 1.00. The first kappa shape index (κ1) is 6.14. The summed E-state index contributed by atoms with van der Waals surface area (Å²) in [6.07, 6.45) is 5.28. The highest BCUT2D eigenvalue weighted by atomic mass is 32.1. The Bertz CT molecular complexity index is 78.6. The zero-order valence-electron chi connectivity index (χ0n) is 4.93. The normalized spacial score (nSPS) is 18.5. The topological polar surface area (TPSA) is 17.1 Å². The SMILES string of the molecule is O=[S+]CCCC1CC1. The third kappa shape index (κ3) is 2.36. The van der Waals surface area contributed by atoms with Crippen molar-refractivity contribution in [2.75, 3.05) is 5.75 Å². The Kier molecular flexibility index (Phi) is 2.40. The van der Waals surface area contributed by atoms with Crippen LogP contribution in [0, 0.1) is 5.92 Å². The van der Waals surface area contributed by atoms with Gasteiger partial charge >= 0.3 is 11.7 Å². The first-order chi connectivity index (χ1) is 3.93. The van der Waals surface area contributed by atoms with E-state index in [9.17, 15) is 4.21 Å². The van der Waals surface area contributed by atoms with Crippen molar-refractivity contribution >= 4 is 11.7 Å². The van der Waals surface area contributed by atoms with Gasteiger partial charge < -0.3 is 0 Å². The lowest BCUT2D eigenvalue weighted by atomic mass is 10.2. The summed E-state index contributed by atoms with van der Waals surface area (Å²) in [5.41, 5.74) is 0. The highest BCUT2D eigenvalue weighted by Gasteiger charge is 2.20. The second-order valence-electron chi connectivity index (χ2n) is 2.41. The maximum absolute atomic E-state index is 9.85. The van der Waals surface area contributed by atoms with E-state index >= 15 is 0 Å². The molecule has 0 heterocycles. The number of hydrogen-bond donors (Lipinski definition) is 0. The molecule has 46 valence electrons. The molecular formula is C6H11OS+.